The Bertz CT molecular complexity index is 788. The van der Waals surface area contributed by atoms with Gasteiger partial charge in [-0.15, -0.1) is 0 Å². The van der Waals surface area contributed by atoms with Gasteiger partial charge in [-0.1, -0.05) is 30.3 Å². The van der Waals surface area contributed by atoms with E-state index in [1.165, 1.54) is 0 Å². The highest BCUT2D eigenvalue weighted by Gasteiger charge is 2.31. The van der Waals surface area contributed by atoms with Crippen LogP contribution in [0.4, 0.5) is 0 Å². The van der Waals surface area contributed by atoms with Gasteiger partial charge in [0.05, 0.1) is 18.3 Å². The zero-order chi connectivity index (χ0) is 18.6. The van der Waals surface area contributed by atoms with Crippen LogP contribution in [0.25, 0.3) is 0 Å². The number of carbonyl (C=O) groups excluding carboxylic acids is 2. The van der Waals surface area contributed by atoms with Crippen molar-refractivity contribution in [2.45, 2.75) is 32.2 Å². The summed E-state index contributed by atoms with van der Waals surface area (Å²) in [6.07, 6.45) is 7.23. The zero-order valence-corrected chi connectivity index (χ0v) is 15.6. The number of amides is 2. The van der Waals surface area contributed by atoms with Crippen LogP contribution >= 0.6 is 0 Å². The molecule has 3 heterocycles. The Morgan fingerprint density at radius 2 is 1.67 bits per heavy atom. The first-order valence-corrected chi connectivity index (χ1v) is 9.85. The van der Waals surface area contributed by atoms with E-state index >= 15 is 0 Å². The molecule has 1 aromatic carbocycles. The van der Waals surface area contributed by atoms with Gasteiger partial charge in [0.2, 0.25) is 5.91 Å². The Balaban J connectivity index is 1.32. The first kappa shape index (κ1) is 17.8. The van der Waals surface area contributed by atoms with E-state index in [4.69, 9.17) is 0 Å². The molecule has 4 rings (SSSR count). The fourth-order valence-corrected chi connectivity index (χ4v) is 4.04. The maximum Gasteiger partial charge on any atom is 0.257 e. The summed E-state index contributed by atoms with van der Waals surface area (Å²) in [5.74, 6) is 0.379. The third kappa shape index (κ3) is 4.04. The lowest BCUT2D eigenvalue weighted by Crippen LogP contribution is -2.43. The molecule has 0 radical (unpaired) electrons. The summed E-state index contributed by atoms with van der Waals surface area (Å²) in [7, 11) is 0. The van der Waals surface area contributed by atoms with Gasteiger partial charge < -0.3 is 9.80 Å². The summed E-state index contributed by atoms with van der Waals surface area (Å²) < 4.78 is 1.80. The van der Waals surface area contributed by atoms with Gasteiger partial charge in [0.25, 0.3) is 5.91 Å². The molecule has 27 heavy (non-hydrogen) atoms. The Morgan fingerprint density at radius 3 is 2.37 bits per heavy atom. The number of hydrogen-bond acceptors (Lipinski definition) is 3. The second kappa shape index (κ2) is 7.94. The fourth-order valence-electron chi connectivity index (χ4n) is 4.04. The maximum atomic E-state index is 12.8. The Kier molecular flexibility index (Phi) is 5.23. The number of aromatic nitrogens is 2. The van der Waals surface area contributed by atoms with Gasteiger partial charge in [0.1, 0.15) is 0 Å². The molecule has 142 valence electrons. The average molecular weight is 366 g/mol. The predicted molar refractivity (Wildman–Crippen MR) is 102 cm³/mol. The molecule has 6 heteroatoms. The van der Waals surface area contributed by atoms with Crippen LogP contribution in [0.5, 0.6) is 0 Å². The lowest BCUT2D eigenvalue weighted by Gasteiger charge is -2.33. The predicted octanol–water partition coefficient (Wildman–Crippen LogP) is 2.41. The van der Waals surface area contributed by atoms with Crippen LogP contribution in [0.15, 0.2) is 42.7 Å². The molecule has 1 aromatic heterocycles. The highest BCUT2D eigenvalue weighted by Crippen LogP contribution is 2.23. The smallest absolute Gasteiger partial charge is 0.257 e. The summed E-state index contributed by atoms with van der Waals surface area (Å²) in [6.45, 7) is 3.75. The minimum atomic E-state index is 0.0152. The number of benzene rings is 1. The van der Waals surface area contributed by atoms with E-state index in [1.54, 1.807) is 10.9 Å². The molecule has 2 aliphatic heterocycles. The molecule has 0 saturated carbocycles. The summed E-state index contributed by atoms with van der Waals surface area (Å²) in [6, 6.07) is 10.1. The molecule has 2 saturated heterocycles. The van der Waals surface area contributed by atoms with Crippen molar-refractivity contribution >= 4 is 11.8 Å². The number of nitrogens with zero attached hydrogens (tertiary/aromatic N) is 4. The fraction of sp³-hybridized carbons (Fsp3) is 0.476. The molecule has 0 atom stereocenters. The molecule has 0 aliphatic carbocycles. The van der Waals surface area contributed by atoms with E-state index in [-0.39, 0.29) is 17.7 Å². The Hall–Kier alpha value is -2.63. The van der Waals surface area contributed by atoms with E-state index in [2.05, 4.69) is 5.10 Å². The molecular formula is C21H26N4O2. The minimum Gasteiger partial charge on any atom is -0.342 e. The first-order valence-electron chi connectivity index (χ1n) is 9.85. The normalized spacial score (nSPS) is 18.1. The molecule has 0 unspecified atom stereocenters. The average Bonchev–Trinajstić information content (AvgIpc) is 3.40. The molecule has 0 bridgehead atoms. The van der Waals surface area contributed by atoms with E-state index < -0.39 is 0 Å². The van der Waals surface area contributed by atoms with Gasteiger partial charge in [-0.3, -0.25) is 14.3 Å². The van der Waals surface area contributed by atoms with Gasteiger partial charge >= 0.3 is 0 Å². The van der Waals surface area contributed by atoms with Crippen LogP contribution in [0.3, 0.4) is 0 Å². The van der Waals surface area contributed by atoms with Crippen LogP contribution in [0.2, 0.25) is 0 Å². The molecule has 0 N–H and O–H groups in total. The van der Waals surface area contributed by atoms with Gasteiger partial charge in [0.15, 0.2) is 0 Å². The summed E-state index contributed by atoms with van der Waals surface area (Å²) in [4.78, 5) is 29.2. The molecule has 2 aliphatic rings. The van der Waals surface area contributed by atoms with Crippen LogP contribution in [-0.4, -0.2) is 57.6 Å². The van der Waals surface area contributed by atoms with E-state index in [0.717, 1.165) is 44.3 Å². The SMILES string of the molecule is O=C(c1cnn(Cc2ccccc2)c1)N1CCC(C(=O)N2CCCC2)CC1. The topological polar surface area (TPSA) is 58.4 Å². The number of hydrogen-bond donors (Lipinski definition) is 0. The molecule has 0 spiro atoms. The molecule has 2 aromatic rings. The monoisotopic (exact) mass is 366 g/mol. The van der Waals surface area contributed by atoms with Crippen LogP contribution in [0.1, 0.15) is 41.6 Å². The van der Waals surface area contributed by atoms with Gasteiger partial charge in [-0.25, -0.2) is 0 Å². The minimum absolute atomic E-state index is 0.0152. The van der Waals surface area contributed by atoms with Gasteiger partial charge in [-0.05, 0) is 31.2 Å². The highest BCUT2D eigenvalue weighted by atomic mass is 16.2. The van der Waals surface area contributed by atoms with E-state index in [1.807, 2.05) is 46.3 Å². The molecule has 2 fully saturated rings. The standard InChI is InChI=1S/C21H26N4O2/c26-20(23-10-4-5-11-23)18-8-12-24(13-9-18)21(27)19-14-22-25(16-19)15-17-6-2-1-3-7-17/h1-3,6-7,14,16,18H,4-5,8-13,15H2. The largest absolute Gasteiger partial charge is 0.342 e. The van der Waals surface area contributed by atoms with Crippen molar-refractivity contribution in [3.05, 3.63) is 53.9 Å². The number of rotatable bonds is 4. The van der Waals surface area contributed by atoms with Gasteiger partial charge in [0, 0.05) is 38.3 Å². The number of likely N-dealkylation sites (tertiary alicyclic amines) is 2. The van der Waals surface area contributed by atoms with Crippen molar-refractivity contribution in [1.82, 2.24) is 19.6 Å². The lowest BCUT2D eigenvalue weighted by molar-refractivity contribution is -0.135. The Labute approximate surface area is 159 Å². The van der Waals surface area contributed by atoms with Crippen molar-refractivity contribution in [3.63, 3.8) is 0 Å². The number of carbonyl (C=O) groups is 2. The second-order valence-electron chi connectivity index (χ2n) is 7.51. The lowest BCUT2D eigenvalue weighted by atomic mass is 9.95. The molecule has 2 amide bonds. The van der Waals surface area contributed by atoms with Crippen LogP contribution in [-0.2, 0) is 11.3 Å². The van der Waals surface area contributed by atoms with Gasteiger partial charge in [-0.2, -0.15) is 5.10 Å². The third-order valence-electron chi connectivity index (χ3n) is 5.62. The molecular weight excluding hydrogens is 340 g/mol. The summed E-state index contributed by atoms with van der Waals surface area (Å²) >= 11 is 0. The van der Waals surface area contributed by atoms with Crippen molar-refractivity contribution in [2.24, 2.45) is 5.92 Å². The van der Waals surface area contributed by atoms with E-state index in [0.29, 0.717) is 25.2 Å². The van der Waals surface area contributed by atoms with Crippen molar-refractivity contribution < 1.29 is 9.59 Å². The third-order valence-corrected chi connectivity index (χ3v) is 5.62. The zero-order valence-electron chi connectivity index (χ0n) is 15.6. The Morgan fingerprint density at radius 1 is 0.963 bits per heavy atom. The second-order valence-corrected chi connectivity index (χ2v) is 7.51. The van der Waals surface area contributed by atoms with Crippen molar-refractivity contribution in [2.75, 3.05) is 26.2 Å². The summed E-state index contributed by atoms with van der Waals surface area (Å²) in [5.41, 5.74) is 1.77. The van der Waals surface area contributed by atoms with Crippen LogP contribution in [0, 0.1) is 5.92 Å². The highest BCUT2D eigenvalue weighted by molar-refractivity contribution is 5.94. The van der Waals surface area contributed by atoms with Crippen LogP contribution < -0.4 is 0 Å². The quantitative estimate of drug-likeness (QED) is 0.835. The first-order chi connectivity index (χ1) is 13.2. The number of piperidine rings is 1. The summed E-state index contributed by atoms with van der Waals surface area (Å²) in [5, 5.41) is 4.33. The van der Waals surface area contributed by atoms with Crippen molar-refractivity contribution in [3.8, 4) is 0 Å². The maximum absolute atomic E-state index is 12.8. The molecule has 6 nitrogen and oxygen atoms in total. The van der Waals surface area contributed by atoms with Crippen molar-refractivity contribution in [1.29, 1.82) is 0 Å². The van der Waals surface area contributed by atoms with E-state index in [9.17, 15) is 9.59 Å².